The third-order valence-electron chi connectivity index (χ3n) is 4.01. The minimum absolute atomic E-state index is 1.11. The summed E-state index contributed by atoms with van der Waals surface area (Å²) in [6.07, 6.45) is 10.7. The second kappa shape index (κ2) is 3.16. The minimum Gasteiger partial charge on any atom is -0.0651 e. The van der Waals surface area contributed by atoms with Crippen LogP contribution in [0, 0.1) is 17.8 Å². The highest BCUT2D eigenvalue weighted by atomic mass is 14.4. The van der Waals surface area contributed by atoms with Gasteiger partial charge in [-0.2, -0.15) is 0 Å². The van der Waals surface area contributed by atoms with Crippen molar-refractivity contribution in [2.24, 2.45) is 17.8 Å². The summed E-state index contributed by atoms with van der Waals surface area (Å²) in [6, 6.07) is 0. The maximum absolute atomic E-state index is 2.38. The average Bonchev–Trinajstić information content (AvgIpc) is 2.47. The molecule has 2 rings (SSSR count). The van der Waals surface area contributed by atoms with Gasteiger partial charge in [-0.15, -0.1) is 0 Å². The molecule has 0 aliphatic heterocycles. The second-order valence-electron chi connectivity index (χ2n) is 4.45. The zero-order valence-corrected chi connectivity index (χ0v) is 7.68. The highest BCUT2D eigenvalue weighted by molar-refractivity contribution is 4.86. The monoisotopic (exact) mass is 152 g/mol. The molecule has 0 nitrogen and oxygen atoms in total. The Balaban J connectivity index is 1.98. The van der Waals surface area contributed by atoms with Crippen LogP contribution in [0.5, 0.6) is 0 Å². The molecule has 0 radical (unpaired) electrons. The van der Waals surface area contributed by atoms with Crippen molar-refractivity contribution in [3.8, 4) is 0 Å². The molecule has 0 heterocycles. The van der Waals surface area contributed by atoms with E-state index in [1.807, 2.05) is 0 Å². The fourth-order valence-electron chi connectivity index (χ4n) is 3.36. The zero-order valence-electron chi connectivity index (χ0n) is 7.68. The Labute approximate surface area is 70.4 Å². The van der Waals surface area contributed by atoms with Gasteiger partial charge in [0.2, 0.25) is 0 Å². The number of hydrogen-bond donors (Lipinski definition) is 0. The summed E-state index contributed by atoms with van der Waals surface area (Å²) in [7, 11) is 0. The van der Waals surface area contributed by atoms with Crippen LogP contribution < -0.4 is 0 Å². The molecular weight excluding hydrogens is 132 g/mol. The zero-order chi connectivity index (χ0) is 7.68. The third kappa shape index (κ3) is 1.32. The number of hydrogen-bond acceptors (Lipinski definition) is 0. The van der Waals surface area contributed by atoms with Crippen LogP contribution in [0.4, 0.5) is 0 Å². The Kier molecular flexibility index (Phi) is 2.20. The van der Waals surface area contributed by atoms with E-state index in [1.165, 1.54) is 19.3 Å². The van der Waals surface area contributed by atoms with E-state index in [0.29, 0.717) is 0 Å². The topological polar surface area (TPSA) is 0 Å². The largest absolute Gasteiger partial charge is 0.0651 e. The van der Waals surface area contributed by atoms with Crippen molar-refractivity contribution in [2.45, 2.75) is 51.9 Å². The molecule has 2 aliphatic carbocycles. The van der Waals surface area contributed by atoms with Crippen LogP contribution in [-0.2, 0) is 0 Å². The molecular formula is C11H20. The molecule has 0 aromatic carbocycles. The molecule has 0 N–H and O–H groups in total. The highest BCUT2D eigenvalue weighted by Gasteiger charge is 2.35. The molecule has 2 aliphatic rings. The summed E-state index contributed by atoms with van der Waals surface area (Å²) in [6.45, 7) is 2.38. The fourth-order valence-corrected chi connectivity index (χ4v) is 3.36. The molecule has 0 aromatic heterocycles. The van der Waals surface area contributed by atoms with Gasteiger partial charge in [0.15, 0.2) is 0 Å². The molecule has 3 atom stereocenters. The van der Waals surface area contributed by atoms with E-state index in [0.717, 1.165) is 17.8 Å². The van der Waals surface area contributed by atoms with Gasteiger partial charge >= 0.3 is 0 Å². The van der Waals surface area contributed by atoms with Crippen LogP contribution in [0.1, 0.15) is 51.9 Å². The first-order chi connectivity index (χ1) is 5.42. The van der Waals surface area contributed by atoms with E-state index in [9.17, 15) is 0 Å². The molecule has 11 heavy (non-hydrogen) atoms. The molecule has 0 bridgehead atoms. The van der Waals surface area contributed by atoms with Gasteiger partial charge in [0.1, 0.15) is 0 Å². The minimum atomic E-state index is 1.11. The van der Waals surface area contributed by atoms with Crippen LogP contribution in [-0.4, -0.2) is 0 Å². The standard InChI is InChI=1S/C11H20/c1-2-9-7-8-10-5-3-4-6-11(9)10/h9-11H,2-8H2,1H3/t9-,10+,11-/m1/s1. The van der Waals surface area contributed by atoms with E-state index >= 15 is 0 Å². The van der Waals surface area contributed by atoms with Crippen molar-refractivity contribution < 1.29 is 0 Å². The van der Waals surface area contributed by atoms with E-state index in [1.54, 1.807) is 25.7 Å². The highest BCUT2D eigenvalue weighted by Crippen LogP contribution is 2.46. The van der Waals surface area contributed by atoms with Crippen molar-refractivity contribution in [3.05, 3.63) is 0 Å². The van der Waals surface area contributed by atoms with Gasteiger partial charge in [-0.25, -0.2) is 0 Å². The lowest BCUT2D eigenvalue weighted by molar-refractivity contribution is 0.224. The van der Waals surface area contributed by atoms with Gasteiger partial charge < -0.3 is 0 Å². The summed E-state index contributed by atoms with van der Waals surface area (Å²) in [5.41, 5.74) is 0. The van der Waals surface area contributed by atoms with E-state index < -0.39 is 0 Å². The molecule has 2 fully saturated rings. The maximum atomic E-state index is 2.38. The molecule has 0 amide bonds. The molecule has 0 unspecified atom stereocenters. The van der Waals surface area contributed by atoms with E-state index in [4.69, 9.17) is 0 Å². The summed E-state index contributed by atoms with van der Waals surface area (Å²) in [5.74, 6) is 3.41. The predicted octanol–water partition coefficient (Wildman–Crippen LogP) is 3.61. The SMILES string of the molecule is CC[C@@H]1CC[C@@H]2CCCC[C@@H]21. The first-order valence-electron chi connectivity index (χ1n) is 5.42. The molecule has 0 spiro atoms. The first kappa shape index (κ1) is 7.64. The molecule has 0 aromatic rings. The Morgan fingerprint density at radius 2 is 1.82 bits per heavy atom. The first-order valence-corrected chi connectivity index (χ1v) is 5.42. The van der Waals surface area contributed by atoms with Crippen LogP contribution in [0.2, 0.25) is 0 Å². The van der Waals surface area contributed by atoms with Crippen molar-refractivity contribution in [3.63, 3.8) is 0 Å². The average molecular weight is 152 g/mol. The lowest BCUT2D eigenvalue weighted by Crippen LogP contribution is -2.18. The third-order valence-corrected chi connectivity index (χ3v) is 4.01. The number of fused-ring (bicyclic) bond motifs is 1. The van der Waals surface area contributed by atoms with Gasteiger partial charge in [-0.1, -0.05) is 32.6 Å². The smallest absolute Gasteiger partial charge is 0.0358 e. The summed E-state index contributed by atoms with van der Waals surface area (Å²) >= 11 is 0. The van der Waals surface area contributed by atoms with Crippen molar-refractivity contribution >= 4 is 0 Å². The Bertz CT molecular complexity index is 122. The Morgan fingerprint density at radius 1 is 1.00 bits per heavy atom. The second-order valence-corrected chi connectivity index (χ2v) is 4.45. The van der Waals surface area contributed by atoms with Crippen LogP contribution in [0.3, 0.4) is 0 Å². The summed E-state index contributed by atoms with van der Waals surface area (Å²) < 4.78 is 0. The lowest BCUT2D eigenvalue weighted by Gasteiger charge is -2.28. The van der Waals surface area contributed by atoms with Crippen molar-refractivity contribution in [1.82, 2.24) is 0 Å². The quantitative estimate of drug-likeness (QED) is 0.538. The predicted molar refractivity (Wildman–Crippen MR) is 48.5 cm³/mol. The van der Waals surface area contributed by atoms with E-state index in [2.05, 4.69) is 6.92 Å². The van der Waals surface area contributed by atoms with Crippen LogP contribution in [0.25, 0.3) is 0 Å². The molecule has 2 saturated carbocycles. The normalized spacial score (nSPS) is 43.9. The van der Waals surface area contributed by atoms with Gasteiger partial charge in [-0.3, -0.25) is 0 Å². The summed E-state index contributed by atoms with van der Waals surface area (Å²) in [4.78, 5) is 0. The van der Waals surface area contributed by atoms with Gasteiger partial charge in [0, 0.05) is 0 Å². The maximum Gasteiger partial charge on any atom is -0.0358 e. The van der Waals surface area contributed by atoms with Crippen molar-refractivity contribution in [2.75, 3.05) is 0 Å². The van der Waals surface area contributed by atoms with E-state index in [-0.39, 0.29) is 0 Å². The molecule has 0 saturated heterocycles. The Hall–Kier alpha value is 0. The van der Waals surface area contributed by atoms with Gasteiger partial charge in [0.05, 0.1) is 0 Å². The summed E-state index contributed by atoms with van der Waals surface area (Å²) in [5, 5.41) is 0. The lowest BCUT2D eigenvalue weighted by atomic mass is 9.77. The molecule has 0 heteroatoms. The fraction of sp³-hybridized carbons (Fsp3) is 1.00. The van der Waals surface area contributed by atoms with Gasteiger partial charge in [-0.05, 0) is 37.0 Å². The van der Waals surface area contributed by atoms with Gasteiger partial charge in [0.25, 0.3) is 0 Å². The van der Waals surface area contributed by atoms with Crippen LogP contribution in [0.15, 0.2) is 0 Å². The van der Waals surface area contributed by atoms with Crippen molar-refractivity contribution in [1.29, 1.82) is 0 Å². The number of rotatable bonds is 1. The Morgan fingerprint density at radius 3 is 2.64 bits per heavy atom. The van der Waals surface area contributed by atoms with Crippen LogP contribution >= 0.6 is 0 Å². The molecule has 64 valence electrons.